The minimum atomic E-state index is -0.407. The number of ketones is 1. The summed E-state index contributed by atoms with van der Waals surface area (Å²) in [5.74, 6) is 0.0269. The molecule has 124 valence electrons. The third-order valence-corrected chi connectivity index (χ3v) is 5.84. The lowest BCUT2D eigenvalue weighted by Crippen LogP contribution is -2.37. The Labute approximate surface area is 147 Å². The largest absolute Gasteiger partial charge is 0.363 e. The molecule has 24 heavy (non-hydrogen) atoms. The van der Waals surface area contributed by atoms with Crippen molar-refractivity contribution in [2.24, 2.45) is 18.0 Å². The minimum Gasteiger partial charge on any atom is -0.334 e. The standard InChI is InChI=1S/C18H17BrN2O3/c1-9-6-7-10(8-11(9)19)14-15-12(4-3-5-13(15)22)20-17-16(14)18(23)24-21(17)2/h6-8,14-15H,3-5H2,1-2H3. The average Bonchev–Trinajstić information content (AvgIpc) is 2.83. The molecule has 1 aliphatic heterocycles. The fraction of sp³-hybridized carbons (Fsp3) is 0.389. The number of benzene rings is 1. The third kappa shape index (κ3) is 2.24. The third-order valence-electron chi connectivity index (χ3n) is 4.99. The van der Waals surface area contributed by atoms with Crippen molar-refractivity contribution in [1.29, 1.82) is 0 Å². The molecule has 1 saturated carbocycles. The number of rotatable bonds is 1. The average molecular weight is 389 g/mol. The number of nitrogens with zero attached hydrogens (tertiary/aromatic N) is 2. The second-order valence-corrected chi connectivity index (χ2v) is 7.35. The van der Waals surface area contributed by atoms with Gasteiger partial charge >= 0.3 is 5.63 Å². The predicted octanol–water partition coefficient (Wildman–Crippen LogP) is 3.64. The van der Waals surface area contributed by atoms with E-state index in [0.717, 1.165) is 34.2 Å². The van der Waals surface area contributed by atoms with Crippen molar-refractivity contribution >= 4 is 33.2 Å². The molecule has 1 aliphatic carbocycles. The van der Waals surface area contributed by atoms with E-state index >= 15 is 0 Å². The molecule has 2 aliphatic rings. The van der Waals surface area contributed by atoms with Gasteiger partial charge in [0.1, 0.15) is 5.78 Å². The van der Waals surface area contributed by atoms with Crippen molar-refractivity contribution in [3.8, 4) is 0 Å². The van der Waals surface area contributed by atoms with Crippen molar-refractivity contribution in [2.45, 2.75) is 32.1 Å². The number of Topliss-reactive ketones (excluding diaryl/α,β-unsaturated/α-hetero) is 1. The molecule has 0 bridgehead atoms. The van der Waals surface area contributed by atoms with Crippen LogP contribution in [-0.4, -0.2) is 16.2 Å². The lowest BCUT2D eigenvalue weighted by atomic mass is 9.70. The fourth-order valence-electron chi connectivity index (χ4n) is 3.78. The van der Waals surface area contributed by atoms with Gasteiger partial charge in [0, 0.05) is 29.6 Å². The highest BCUT2D eigenvalue weighted by Gasteiger charge is 2.43. The quantitative estimate of drug-likeness (QED) is 0.748. The SMILES string of the molecule is Cc1ccc(C2c3c(n(C)oc3=O)N=C3CCCC(=O)C32)cc1Br. The first-order valence-corrected chi connectivity index (χ1v) is 8.83. The van der Waals surface area contributed by atoms with Crippen LogP contribution in [0.2, 0.25) is 0 Å². The van der Waals surface area contributed by atoms with E-state index in [2.05, 4.69) is 20.9 Å². The molecule has 2 unspecified atom stereocenters. The molecule has 0 N–H and O–H groups in total. The summed E-state index contributed by atoms with van der Waals surface area (Å²) in [5, 5.41) is 0. The maximum atomic E-state index is 12.7. The van der Waals surface area contributed by atoms with Crippen LogP contribution >= 0.6 is 15.9 Å². The number of fused-ring (bicyclic) bond motifs is 2. The summed E-state index contributed by atoms with van der Waals surface area (Å²) < 4.78 is 7.63. The summed E-state index contributed by atoms with van der Waals surface area (Å²) in [7, 11) is 1.68. The highest BCUT2D eigenvalue weighted by molar-refractivity contribution is 9.10. The second kappa shape index (κ2) is 5.55. The molecule has 0 amide bonds. The molecule has 2 aromatic rings. The first-order valence-electron chi connectivity index (χ1n) is 8.04. The molecule has 1 aromatic heterocycles. The van der Waals surface area contributed by atoms with Gasteiger partial charge in [0.05, 0.1) is 11.5 Å². The van der Waals surface area contributed by atoms with Gasteiger partial charge in [-0.1, -0.05) is 28.1 Å². The van der Waals surface area contributed by atoms with Crippen molar-refractivity contribution < 1.29 is 9.32 Å². The highest BCUT2D eigenvalue weighted by atomic mass is 79.9. The predicted molar refractivity (Wildman–Crippen MR) is 94.1 cm³/mol. The fourth-order valence-corrected chi connectivity index (χ4v) is 4.18. The molecule has 6 heteroatoms. The number of aryl methyl sites for hydroxylation is 2. The van der Waals surface area contributed by atoms with Crippen molar-refractivity contribution in [2.75, 3.05) is 0 Å². The summed E-state index contributed by atoms with van der Waals surface area (Å²) in [6.07, 6.45) is 2.15. The Hall–Kier alpha value is -1.95. The summed E-state index contributed by atoms with van der Waals surface area (Å²) in [6.45, 7) is 2.01. The first kappa shape index (κ1) is 15.6. The maximum Gasteiger partial charge on any atom is 0.363 e. The van der Waals surface area contributed by atoms with Crippen LogP contribution in [-0.2, 0) is 11.8 Å². The van der Waals surface area contributed by atoms with E-state index in [1.807, 2.05) is 25.1 Å². The van der Waals surface area contributed by atoms with Crippen LogP contribution in [0.5, 0.6) is 0 Å². The molecular formula is C18H17BrN2O3. The summed E-state index contributed by atoms with van der Waals surface area (Å²) in [4.78, 5) is 29.7. The number of carbonyl (C=O) groups excluding carboxylic acids is 1. The Morgan fingerprint density at radius 1 is 1.25 bits per heavy atom. The molecule has 1 aromatic carbocycles. The van der Waals surface area contributed by atoms with Crippen LogP contribution in [0.1, 0.15) is 41.9 Å². The van der Waals surface area contributed by atoms with Gasteiger partial charge in [0.2, 0.25) is 0 Å². The van der Waals surface area contributed by atoms with E-state index < -0.39 is 5.63 Å². The number of hydrogen-bond donors (Lipinski definition) is 0. The van der Waals surface area contributed by atoms with E-state index in [9.17, 15) is 9.59 Å². The van der Waals surface area contributed by atoms with Gasteiger partial charge in [-0.2, -0.15) is 4.74 Å². The van der Waals surface area contributed by atoms with Crippen LogP contribution < -0.4 is 5.63 Å². The highest BCUT2D eigenvalue weighted by Crippen LogP contribution is 2.44. The Morgan fingerprint density at radius 2 is 2.04 bits per heavy atom. The number of aliphatic imine (C=N–C) groups is 1. The van der Waals surface area contributed by atoms with Gasteiger partial charge in [-0.15, -0.1) is 0 Å². The van der Waals surface area contributed by atoms with Gasteiger partial charge in [-0.3, -0.25) is 4.79 Å². The number of aromatic nitrogens is 1. The van der Waals surface area contributed by atoms with Gasteiger partial charge in [0.25, 0.3) is 0 Å². The van der Waals surface area contributed by atoms with Crippen molar-refractivity contribution in [1.82, 2.24) is 4.74 Å². The lowest BCUT2D eigenvalue weighted by molar-refractivity contribution is -0.121. The molecule has 2 heterocycles. The molecular weight excluding hydrogens is 372 g/mol. The Balaban J connectivity index is 1.98. The molecule has 0 saturated heterocycles. The molecule has 0 radical (unpaired) electrons. The molecule has 4 rings (SSSR count). The molecule has 2 atom stereocenters. The topological polar surface area (TPSA) is 64.6 Å². The summed E-state index contributed by atoms with van der Waals surface area (Å²) >= 11 is 3.56. The maximum absolute atomic E-state index is 12.7. The number of hydrogen-bond acceptors (Lipinski definition) is 4. The zero-order valence-corrected chi connectivity index (χ0v) is 15.1. The monoisotopic (exact) mass is 388 g/mol. The Morgan fingerprint density at radius 3 is 2.79 bits per heavy atom. The van der Waals surface area contributed by atoms with Gasteiger partial charge < -0.3 is 4.52 Å². The van der Waals surface area contributed by atoms with Gasteiger partial charge in [-0.05, 0) is 37.0 Å². The molecule has 5 nitrogen and oxygen atoms in total. The van der Waals surface area contributed by atoms with Gasteiger partial charge in [-0.25, -0.2) is 9.79 Å². The second-order valence-electron chi connectivity index (χ2n) is 6.50. The Kier molecular flexibility index (Phi) is 3.60. The van der Waals surface area contributed by atoms with E-state index in [0.29, 0.717) is 17.8 Å². The zero-order valence-electron chi connectivity index (χ0n) is 13.5. The number of carbonyl (C=O) groups is 1. The van der Waals surface area contributed by atoms with E-state index in [1.54, 1.807) is 7.05 Å². The first-order chi connectivity index (χ1) is 11.5. The lowest BCUT2D eigenvalue weighted by Gasteiger charge is -2.33. The van der Waals surface area contributed by atoms with Crippen LogP contribution in [0.25, 0.3) is 0 Å². The zero-order chi connectivity index (χ0) is 17.0. The summed E-state index contributed by atoms with van der Waals surface area (Å²) in [6, 6.07) is 6.00. The van der Waals surface area contributed by atoms with Gasteiger partial charge in [0.15, 0.2) is 5.82 Å². The number of halogens is 1. The molecule has 1 fully saturated rings. The van der Waals surface area contributed by atoms with Crippen LogP contribution in [0, 0.1) is 12.8 Å². The normalized spacial score (nSPS) is 22.8. The van der Waals surface area contributed by atoms with Crippen molar-refractivity contribution in [3.63, 3.8) is 0 Å². The van der Waals surface area contributed by atoms with E-state index in [4.69, 9.17) is 4.52 Å². The van der Waals surface area contributed by atoms with Crippen LogP contribution in [0.15, 0.2) is 37.0 Å². The summed E-state index contributed by atoms with van der Waals surface area (Å²) in [5.41, 5.74) is 3.02. The van der Waals surface area contributed by atoms with Crippen LogP contribution in [0.3, 0.4) is 0 Å². The van der Waals surface area contributed by atoms with Crippen molar-refractivity contribution in [3.05, 3.63) is 49.8 Å². The van der Waals surface area contributed by atoms with Crippen LogP contribution in [0.4, 0.5) is 5.82 Å². The Bertz CT molecular complexity index is 938. The molecule has 0 spiro atoms. The smallest absolute Gasteiger partial charge is 0.334 e. The van der Waals surface area contributed by atoms with E-state index in [1.165, 1.54) is 4.74 Å². The minimum absolute atomic E-state index is 0.163. The van der Waals surface area contributed by atoms with E-state index in [-0.39, 0.29) is 17.6 Å².